The van der Waals surface area contributed by atoms with Gasteiger partial charge >= 0.3 is 0 Å². The second kappa shape index (κ2) is 5.84. The minimum absolute atomic E-state index is 0.0132. The molecule has 0 spiro atoms. The van der Waals surface area contributed by atoms with Crippen molar-refractivity contribution in [3.8, 4) is 5.75 Å². The molecule has 1 amide bonds. The van der Waals surface area contributed by atoms with Crippen LogP contribution in [0.5, 0.6) is 5.75 Å². The van der Waals surface area contributed by atoms with Crippen LogP contribution in [0.2, 0.25) is 0 Å². The van der Waals surface area contributed by atoms with Gasteiger partial charge in [0.1, 0.15) is 5.75 Å². The summed E-state index contributed by atoms with van der Waals surface area (Å²) in [6, 6.07) is 7.34. The zero-order valence-corrected chi connectivity index (χ0v) is 11.3. The Kier molecular flexibility index (Phi) is 4.16. The molecule has 0 saturated heterocycles. The summed E-state index contributed by atoms with van der Waals surface area (Å²) in [6.45, 7) is 2.48. The van der Waals surface area contributed by atoms with Crippen LogP contribution >= 0.6 is 0 Å². The SMILES string of the molecule is COc1cccc(N2N=C(C)C(CCCN)C2=O)c1. The van der Waals surface area contributed by atoms with Crippen molar-refractivity contribution in [2.45, 2.75) is 19.8 Å². The predicted molar refractivity (Wildman–Crippen MR) is 75.4 cm³/mol. The Morgan fingerprint density at radius 1 is 1.47 bits per heavy atom. The highest BCUT2D eigenvalue weighted by molar-refractivity contribution is 6.14. The van der Waals surface area contributed by atoms with Crippen molar-refractivity contribution in [1.29, 1.82) is 0 Å². The van der Waals surface area contributed by atoms with Crippen LogP contribution < -0.4 is 15.5 Å². The monoisotopic (exact) mass is 261 g/mol. The van der Waals surface area contributed by atoms with E-state index in [0.29, 0.717) is 12.3 Å². The number of rotatable bonds is 5. The van der Waals surface area contributed by atoms with Crippen LogP contribution in [0.4, 0.5) is 5.69 Å². The number of amides is 1. The molecule has 0 fully saturated rings. The second-order valence-corrected chi connectivity index (χ2v) is 4.58. The van der Waals surface area contributed by atoms with Crippen molar-refractivity contribution in [2.24, 2.45) is 16.8 Å². The lowest BCUT2D eigenvalue weighted by Crippen LogP contribution is -2.27. The number of carbonyl (C=O) groups is 1. The summed E-state index contributed by atoms with van der Waals surface area (Å²) in [5.74, 6) is 0.581. The van der Waals surface area contributed by atoms with Crippen LogP contribution in [-0.4, -0.2) is 25.3 Å². The van der Waals surface area contributed by atoms with Gasteiger partial charge in [-0.25, -0.2) is 5.01 Å². The van der Waals surface area contributed by atoms with Crippen LogP contribution in [0.3, 0.4) is 0 Å². The van der Waals surface area contributed by atoms with Crippen molar-refractivity contribution in [1.82, 2.24) is 0 Å². The van der Waals surface area contributed by atoms with Crippen molar-refractivity contribution in [3.63, 3.8) is 0 Å². The summed E-state index contributed by atoms with van der Waals surface area (Å²) in [6.07, 6.45) is 1.58. The Balaban J connectivity index is 2.20. The summed E-state index contributed by atoms with van der Waals surface area (Å²) in [5.41, 5.74) is 7.08. The number of ether oxygens (including phenoxy) is 1. The van der Waals surface area contributed by atoms with Gasteiger partial charge in [-0.05, 0) is 38.4 Å². The van der Waals surface area contributed by atoms with E-state index in [1.54, 1.807) is 13.2 Å². The number of benzene rings is 1. The van der Waals surface area contributed by atoms with Crippen LogP contribution in [-0.2, 0) is 4.79 Å². The van der Waals surface area contributed by atoms with Gasteiger partial charge in [-0.1, -0.05) is 6.07 Å². The van der Waals surface area contributed by atoms with E-state index in [1.165, 1.54) is 5.01 Å². The molecule has 5 nitrogen and oxygen atoms in total. The number of nitrogens with zero attached hydrogens (tertiary/aromatic N) is 2. The van der Waals surface area contributed by atoms with Crippen LogP contribution in [0, 0.1) is 5.92 Å². The largest absolute Gasteiger partial charge is 0.497 e. The van der Waals surface area contributed by atoms with E-state index in [4.69, 9.17) is 10.5 Å². The molecule has 5 heteroatoms. The van der Waals surface area contributed by atoms with E-state index in [1.807, 2.05) is 25.1 Å². The highest BCUT2D eigenvalue weighted by Crippen LogP contribution is 2.28. The molecule has 2 N–H and O–H groups in total. The Bertz CT molecular complexity index is 499. The second-order valence-electron chi connectivity index (χ2n) is 4.58. The molecule has 0 aromatic heterocycles. The maximum absolute atomic E-state index is 12.4. The summed E-state index contributed by atoms with van der Waals surface area (Å²) < 4.78 is 5.17. The molecule has 1 aromatic rings. The van der Waals surface area contributed by atoms with Crippen LogP contribution in [0.1, 0.15) is 19.8 Å². The number of hydrazone groups is 1. The van der Waals surface area contributed by atoms with E-state index in [0.717, 1.165) is 24.2 Å². The van der Waals surface area contributed by atoms with Crippen molar-refractivity contribution in [2.75, 3.05) is 18.7 Å². The standard InChI is InChI=1S/C14H19N3O2/c1-10-13(7-4-8-15)14(18)17(16-10)11-5-3-6-12(9-11)19-2/h3,5-6,9,13H,4,7-8,15H2,1-2H3. The Morgan fingerprint density at radius 2 is 2.26 bits per heavy atom. The molecule has 1 aliphatic heterocycles. The molecular weight excluding hydrogens is 242 g/mol. The molecule has 0 aliphatic carbocycles. The third-order valence-electron chi connectivity index (χ3n) is 3.26. The first-order valence-corrected chi connectivity index (χ1v) is 6.40. The molecule has 19 heavy (non-hydrogen) atoms. The molecule has 1 aliphatic rings. The lowest BCUT2D eigenvalue weighted by atomic mass is 9.98. The first kappa shape index (κ1) is 13.5. The molecule has 0 saturated carbocycles. The van der Waals surface area contributed by atoms with E-state index < -0.39 is 0 Å². The fourth-order valence-corrected chi connectivity index (χ4v) is 2.18. The number of nitrogens with two attached hydrogens (primary N) is 1. The average molecular weight is 261 g/mol. The molecule has 1 heterocycles. The average Bonchev–Trinajstić information content (AvgIpc) is 2.72. The van der Waals surface area contributed by atoms with Gasteiger partial charge in [-0.15, -0.1) is 0 Å². The Morgan fingerprint density at radius 3 is 2.95 bits per heavy atom. The number of hydrogen-bond donors (Lipinski definition) is 1. The fraction of sp³-hybridized carbons (Fsp3) is 0.429. The van der Waals surface area contributed by atoms with E-state index in [-0.39, 0.29) is 11.8 Å². The molecule has 1 aromatic carbocycles. The summed E-state index contributed by atoms with van der Waals surface area (Å²) >= 11 is 0. The lowest BCUT2D eigenvalue weighted by Gasteiger charge is -2.14. The number of carbonyl (C=O) groups excluding carboxylic acids is 1. The van der Waals surface area contributed by atoms with Gasteiger partial charge < -0.3 is 10.5 Å². The molecule has 1 atom stereocenters. The smallest absolute Gasteiger partial charge is 0.256 e. The fourth-order valence-electron chi connectivity index (χ4n) is 2.18. The molecule has 102 valence electrons. The van der Waals surface area contributed by atoms with Gasteiger partial charge in [0.15, 0.2) is 0 Å². The van der Waals surface area contributed by atoms with Crippen molar-refractivity contribution in [3.05, 3.63) is 24.3 Å². The maximum Gasteiger partial charge on any atom is 0.256 e. The first-order valence-electron chi connectivity index (χ1n) is 6.40. The van der Waals surface area contributed by atoms with Gasteiger partial charge in [0, 0.05) is 11.8 Å². The van der Waals surface area contributed by atoms with Crippen LogP contribution in [0.15, 0.2) is 29.4 Å². The van der Waals surface area contributed by atoms with Gasteiger partial charge in [0.2, 0.25) is 0 Å². The third-order valence-corrected chi connectivity index (χ3v) is 3.26. The summed E-state index contributed by atoms with van der Waals surface area (Å²) in [4.78, 5) is 12.4. The molecule has 0 bridgehead atoms. The Labute approximate surface area is 113 Å². The number of anilines is 1. The summed E-state index contributed by atoms with van der Waals surface area (Å²) in [7, 11) is 1.60. The zero-order valence-electron chi connectivity index (χ0n) is 11.3. The van der Waals surface area contributed by atoms with Crippen molar-refractivity contribution >= 4 is 17.3 Å². The number of methoxy groups -OCH3 is 1. The minimum atomic E-state index is -0.144. The van der Waals surface area contributed by atoms with Crippen molar-refractivity contribution < 1.29 is 9.53 Å². The molecule has 1 unspecified atom stereocenters. The van der Waals surface area contributed by atoms with E-state index in [9.17, 15) is 4.79 Å². The number of hydrogen-bond acceptors (Lipinski definition) is 4. The normalized spacial score (nSPS) is 18.7. The highest BCUT2D eigenvalue weighted by atomic mass is 16.5. The highest BCUT2D eigenvalue weighted by Gasteiger charge is 2.33. The lowest BCUT2D eigenvalue weighted by molar-refractivity contribution is -0.119. The maximum atomic E-state index is 12.4. The van der Waals surface area contributed by atoms with Gasteiger partial charge in [-0.2, -0.15) is 5.10 Å². The Hall–Kier alpha value is -1.88. The third kappa shape index (κ3) is 2.76. The topological polar surface area (TPSA) is 67.9 Å². The minimum Gasteiger partial charge on any atom is -0.497 e. The van der Waals surface area contributed by atoms with E-state index >= 15 is 0 Å². The summed E-state index contributed by atoms with van der Waals surface area (Å²) in [5, 5.41) is 5.81. The predicted octanol–water partition coefficient (Wildman–Crippen LogP) is 1.77. The van der Waals surface area contributed by atoms with Gasteiger partial charge in [-0.3, -0.25) is 4.79 Å². The van der Waals surface area contributed by atoms with E-state index in [2.05, 4.69) is 5.10 Å². The molecular formula is C14H19N3O2. The molecule has 0 radical (unpaired) electrons. The first-order chi connectivity index (χ1) is 9.17. The quantitative estimate of drug-likeness (QED) is 0.878. The van der Waals surface area contributed by atoms with Crippen LogP contribution in [0.25, 0.3) is 0 Å². The zero-order chi connectivity index (χ0) is 13.8. The molecule has 2 rings (SSSR count). The van der Waals surface area contributed by atoms with Gasteiger partial charge in [0.05, 0.1) is 18.7 Å². The van der Waals surface area contributed by atoms with Gasteiger partial charge in [0.25, 0.3) is 5.91 Å².